The summed E-state index contributed by atoms with van der Waals surface area (Å²) in [6, 6.07) is 21.0. The molecule has 0 saturated heterocycles. The number of rotatable bonds is 0. The summed E-state index contributed by atoms with van der Waals surface area (Å²) >= 11 is 2.72. The molecule has 2 aliphatic rings. The van der Waals surface area contributed by atoms with Gasteiger partial charge in [0.15, 0.2) is 23.1 Å². The minimum absolute atomic E-state index is 0.199. The molecule has 0 atom stereocenters. The van der Waals surface area contributed by atoms with Crippen molar-refractivity contribution in [2.75, 3.05) is 0 Å². The van der Waals surface area contributed by atoms with Gasteiger partial charge in [-0.2, -0.15) is 0 Å². The number of thiophene rings is 2. The fourth-order valence-electron chi connectivity index (χ4n) is 4.16. The van der Waals surface area contributed by atoms with Gasteiger partial charge in [0.1, 0.15) is 0 Å². The zero-order valence-corrected chi connectivity index (χ0v) is 18.0. The van der Waals surface area contributed by atoms with E-state index in [0.717, 1.165) is 9.06 Å². The Morgan fingerprint density at radius 2 is 0.656 bits per heavy atom. The second-order valence-electron chi connectivity index (χ2n) is 7.49. The van der Waals surface area contributed by atoms with E-state index in [1.807, 2.05) is 12.1 Å². The van der Waals surface area contributed by atoms with Crippen molar-refractivity contribution in [2.45, 2.75) is 0 Å². The van der Waals surface area contributed by atoms with Gasteiger partial charge in [-0.05, 0) is 24.3 Å². The molecule has 0 radical (unpaired) electrons. The lowest BCUT2D eigenvalue weighted by molar-refractivity contribution is 0.101. The molecule has 0 unspecified atom stereocenters. The van der Waals surface area contributed by atoms with E-state index in [9.17, 15) is 19.2 Å². The van der Waals surface area contributed by atoms with Crippen molar-refractivity contribution in [1.82, 2.24) is 0 Å². The number of fused-ring (bicyclic) bond motifs is 2. The van der Waals surface area contributed by atoms with Crippen molar-refractivity contribution >= 4 is 57.0 Å². The molecule has 2 heterocycles. The zero-order chi connectivity index (χ0) is 22.0. The molecule has 0 saturated carbocycles. The summed E-state index contributed by atoms with van der Waals surface area (Å²) in [5.41, 5.74) is 2.16. The van der Waals surface area contributed by atoms with E-state index in [4.69, 9.17) is 0 Å². The lowest BCUT2D eigenvalue weighted by Gasteiger charge is -1.90. The molecule has 0 fully saturated rings. The molecule has 6 rings (SSSR count). The summed E-state index contributed by atoms with van der Waals surface area (Å²) in [6.45, 7) is 0. The number of hydrogen-bond donors (Lipinski definition) is 0. The number of hydrogen-bond acceptors (Lipinski definition) is 6. The van der Waals surface area contributed by atoms with Crippen molar-refractivity contribution in [2.24, 2.45) is 0 Å². The molecule has 2 aliphatic carbocycles. The quantitative estimate of drug-likeness (QED) is 0.409. The average Bonchev–Trinajstić information content (AvgIpc) is 3.57. The predicted octanol–water partition coefficient (Wildman–Crippen LogP) is 3.56. The molecule has 4 aromatic rings. The van der Waals surface area contributed by atoms with E-state index in [2.05, 4.69) is 0 Å². The van der Waals surface area contributed by atoms with Crippen LogP contribution in [0.3, 0.4) is 0 Å². The number of benzene rings is 2. The van der Waals surface area contributed by atoms with Crippen LogP contribution in [0.2, 0.25) is 0 Å². The number of ketones is 4. The van der Waals surface area contributed by atoms with E-state index in [-0.39, 0.29) is 34.3 Å². The number of Topliss-reactive ketones (excluding diaryl/α,β-unsaturated/α-hetero) is 4. The van der Waals surface area contributed by atoms with Crippen molar-refractivity contribution in [3.63, 3.8) is 0 Å². The van der Waals surface area contributed by atoms with E-state index in [1.54, 1.807) is 60.7 Å². The Labute approximate surface area is 189 Å². The molecule has 0 amide bonds. The summed E-state index contributed by atoms with van der Waals surface area (Å²) in [5.74, 6) is -0.995. The molecule has 2 aromatic heterocycles. The lowest BCUT2D eigenvalue weighted by atomic mass is 10.1. The summed E-state index contributed by atoms with van der Waals surface area (Å²) in [7, 11) is 0. The van der Waals surface area contributed by atoms with Gasteiger partial charge in [0.25, 0.3) is 0 Å². The van der Waals surface area contributed by atoms with Gasteiger partial charge in [0, 0.05) is 40.4 Å². The highest BCUT2D eigenvalue weighted by molar-refractivity contribution is 7.12. The summed E-state index contributed by atoms with van der Waals surface area (Å²) in [6.07, 6.45) is 0. The third-order valence-corrected chi connectivity index (χ3v) is 8.09. The topological polar surface area (TPSA) is 68.3 Å². The first-order valence-electron chi connectivity index (χ1n) is 9.86. The van der Waals surface area contributed by atoms with Crippen LogP contribution in [0, 0.1) is 9.06 Å². The van der Waals surface area contributed by atoms with Crippen LogP contribution >= 0.6 is 22.7 Å². The van der Waals surface area contributed by atoms with Gasteiger partial charge in [0.05, 0.1) is 11.1 Å². The molecule has 32 heavy (non-hydrogen) atoms. The van der Waals surface area contributed by atoms with Crippen LogP contribution in [0.1, 0.15) is 41.4 Å². The predicted molar refractivity (Wildman–Crippen MR) is 123 cm³/mol. The SMILES string of the molecule is O=C1C(=c2cc/c(=c3/ccc(=C4C(=O)c5ccccc5C4=O)s3)s2)C(=O)c2ccccc21. The maximum Gasteiger partial charge on any atom is 0.199 e. The Morgan fingerprint density at radius 3 is 0.969 bits per heavy atom. The van der Waals surface area contributed by atoms with Gasteiger partial charge in [-0.3, -0.25) is 19.2 Å². The first-order valence-corrected chi connectivity index (χ1v) is 11.5. The first kappa shape index (κ1) is 19.0. The monoisotopic (exact) mass is 452 g/mol. The van der Waals surface area contributed by atoms with E-state index < -0.39 is 0 Å². The van der Waals surface area contributed by atoms with Crippen LogP contribution in [-0.2, 0) is 0 Å². The van der Waals surface area contributed by atoms with Crippen LogP contribution in [0.15, 0.2) is 72.8 Å². The zero-order valence-electron chi connectivity index (χ0n) is 16.4. The van der Waals surface area contributed by atoms with Crippen LogP contribution < -0.4 is 9.06 Å². The summed E-state index contributed by atoms with van der Waals surface area (Å²) in [5, 5.41) is 0. The molecule has 0 aliphatic heterocycles. The molecule has 0 N–H and O–H groups in total. The molecule has 152 valence electrons. The number of carbonyl (C=O) groups is 4. The highest BCUT2D eigenvalue weighted by Gasteiger charge is 2.34. The second-order valence-corrected chi connectivity index (χ2v) is 9.65. The normalized spacial score (nSPS) is 16.1. The molecule has 0 spiro atoms. The number of carbonyl (C=O) groups excluding carboxylic acids is 4. The fourth-order valence-corrected chi connectivity index (χ4v) is 6.34. The Balaban J connectivity index is 1.54. The average molecular weight is 453 g/mol. The Morgan fingerprint density at radius 1 is 0.375 bits per heavy atom. The maximum absolute atomic E-state index is 12.8. The van der Waals surface area contributed by atoms with E-state index in [1.165, 1.54) is 22.7 Å². The fraction of sp³-hybridized carbons (Fsp3) is 0. The maximum atomic E-state index is 12.8. The standard InChI is InChI=1S/C26H12O4S2/c27-23-13-5-1-2-6-14(13)24(28)21(23)19-11-9-17(31-19)18-10-12-20(32-18)22-25(29)15-7-3-4-8-16(15)26(22)30/h1-12H/b18-17+. The Hall–Kier alpha value is -3.74. The van der Waals surface area contributed by atoms with Crippen molar-refractivity contribution in [3.8, 4) is 0 Å². The van der Waals surface area contributed by atoms with Gasteiger partial charge in [-0.1, -0.05) is 48.5 Å². The molecule has 4 nitrogen and oxygen atoms in total. The van der Waals surface area contributed by atoms with Gasteiger partial charge in [-0.25, -0.2) is 0 Å². The van der Waals surface area contributed by atoms with Crippen molar-refractivity contribution in [1.29, 1.82) is 0 Å². The van der Waals surface area contributed by atoms with E-state index >= 15 is 0 Å². The molecular weight excluding hydrogens is 440 g/mol. The first-order chi connectivity index (χ1) is 15.5. The highest BCUT2D eigenvalue weighted by Crippen LogP contribution is 2.28. The third-order valence-electron chi connectivity index (χ3n) is 5.69. The smallest absolute Gasteiger partial charge is 0.199 e. The lowest BCUT2D eigenvalue weighted by Crippen LogP contribution is -2.10. The molecule has 6 heteroatoms. The van der Waals surface area contributed by atoms with Crippen LogP contribution in [-0.4, -0.2) is 23.1 Å². The van der Waals surface area contributed by atoms with Gasteiger partial charge < -0.3 is 0 Å². The minimum Gasteiger partial charge on any atom is -0.288 e. The Bertz CT molecular complexity index is 1550. The molecule has 0 bridgehead atoms. The largest absolute Gasteiger partial charge is 0.288 e. The van der Waals surface area contributed by atoms with Crippen LogP contribution in [0.25, 0.3) is 11.1 Å². The molecule has 2 aromatic carbocycles. The van der Waals surface area contributed by atoms with Crippen LogP contribution in [0.5, 0.6) is 0 Å². The summed E-state index contributed by atoms with van der Waals surface area (Å²) in [4.78, 5) is 51.1. The van der Waals surface area contributed by atoms with E-state index in [0.29, 0.717) is 31.3 Å². The second kappa shape index (κ2) is 6.88. The minimum atomic E-state index is -0.249. The van der Waals surface area contributed by atoms with Gasteiger partial charge >= 0.3 is 0 Å². The van der Waals surface area contributed by atoms with Crippen LogP contribution in [0.4, 0.5) is 0 Å². The molecular formula is C26H12O4S2. The summed E-state index contributed by atoms with van der Waals surface area (Å²) < 4.78 is 2.98. The highest BCUT2D eigenvalue weighted by atomic mass is 32.1. The van der Waals surface area contributed by atoms with Crippen molar-refractivity contribution in [3.05, 3.63) is 113 Å². The van der Waals surface area contributed by atoms with Crippen molar-refractivity contribution < 1.29 is 19.2 Å². The Kier molecular flexibility index (Phi) is 4.08. The van der Waals surface area contributed by atoms with Gasteiger partial charge in [0.2, 0.25) is 0 Å². The third kappa shape index (κ3) is 2.60. The van der Waals surface area contributed by atoms with Gasteiger partial charge in [-0.15, -0.1) is 22.7 Å².